The minimum Gasteiger partial charge on any atom is -0.379 e. The summed E-state index contributed by atoms with van der Waals surface area (Å²) < 4.78 is 5.51. The smallest absolute Gasteiger partial charge is 0.246 e. The Hall–Kier alpha value is -1.10. The van der Waals surface area contributed by atoms with Gasteiger partial charge in [0.05, 0.1) is 12.6 Å². The van der Waals surface area contributed by atoms with Crippen LogP contribution in [-0.2, 0) is 14.3 Å². The average Bonchev–Trinajstić information content (AvgIpc) is 2.48. The second-order valence-corrected chi connectivity index (χ2v) is 5.91. The van der Waals surface area contributed by atoms with Gasteiger partial charge in [-0.3, -0.25) is 9.59 Å². The Morgan fingerprint density at radius 1 is 1.40 bits per heavy atom. The quantitative estimate of drug-likeness (QED) is 0.846. The van der Waals surface area contributed by atoms with Crippen LogP contribution >= 0.6 is 0 Å². The van der Waals surface area contributed by atoms with Crippen molar-refractivity contribution in [2.24, 2.45) is 5.92 Å². The molecule has 2 heterocycles. The first-order chi connectivity index (χ1) is 9.60. The summed E-state index contributed by atoms with van der Waals surface area (Å²) in [6, 6.07) is -0.662. The monoisotopic (exact) mass is 282 g/mol. The van der Waals surface area contributed by atoms with Crippen LogP contribution in [0, 0.1) is 5.92 Å². The van der Waals surface area contributed by atoms with Crippen LogP contribution in [0.1, 0.15) is 46.5 Å². The largest absolute Gasteiger partial charge is 0.379 e. The van der Waals surface area contributed by atoms with Gasteiger partial charge in [-0.1, -0.05) is 27.2 Å². The Labute approximate surface area is 121 Å². The fraction of sp³-hybridized carbons (Fsp3) is 0.867. The molecule has 0 aromatic carbocycles. The van der Waals surface area contributed by atoms with Crippen LogP contribution in [0.5, 0.6) is 0 Å². The van der Waals surface area contributed by atoms with Crippen LogP contribution < -0.4 is 5.32 Å². The highest BCUT2D eigenvalue weighted by molar-refractivity contribution is 5.97. The number of hydrogen-bond acceptors (Lipinski definition) is 3. The summed E-state index contributed by atoms with van der Waals surface area (Å²) in [5.74, 6) is 0.223. The number of amides is 2. The Bertz CT molecular complexity index is 366. The van der Waals surface area contributed by atoms with E-state index < -0.39 is 0 Å². The molecule has 2 aliphatic rings. The highest BCUT2D eigenvalue weighted by Crippen LogP contribution is 2.25. The van der Waals surface area contributed by atoms with Gasteiger partial charge in [0.15, 0.2) is 0 Å². The molecule has 4 unspecified atom stereocenters. The molecule has 2 aliphatic heterocycles. The summed E-state index contributed by atoms with van der Waals surface area (Å²) in [5, 5.41) is 2.92. The van der Waals surface area contributed by atoms with Gasteiger partial charge < -0.3 is 15.0 Å². The van der Waals surface area contributed by atoms with Crippen molar-refractivity contribution in [2.45, 2.75) is 64.6 Å². The number of carbonyl (C=O) groups is 2. The van der Waals surface area contributed by atoms with Crippen molar-refractivity contribution < 1.29 is 14.3 Å². The zero-order chi connectivity index (χ0) is 14.7. The Kier molecular flexibility index (Phi) is 5.02. The molecule has 2 amide bonds. The molecule has 1 N–H and O–H groups in total. The molecular weight excluding hydrogens is 256 g/mol. The minimum atomic E-state index is -0.378. The zero-order valence-corrected chi connectivity index (χ0v) is 12.7. The topological polar surface area (TPSA) is 58.6 Å². The van der Waals surface area contributed by atoms with Gasteiger partial charge >= 0.3 is 0 Å². The lowest BCUT2D eigenvalue weighted by Crippen LogP contribution is -2.67. The van der Waals surface area contributed by atoms with Crippen LogP contribution in [0.2, 0.25) is 0 Å². The van der Waals surface area contributed by atoms with Gasteiger partial charge in [0.2, 0.25) is 11.8 Å². The van der Waals surface area contributed by atoms with Gasteiger partial charge in [-0.25, -0.2) is 0 Å². The average molecular weight is 282 g/mol. The number of hydrogen-bond donors (Lipinski definition) is 1. The van der Waals surface area contributed by atoms with E-state index in [0.29, 0.717) is 13.0 Å². The maximum Gasteiger partial charge on any atom is 0.246 e. The van der Waals surface area contributed by atoms with Crippen LogP contribution in [-0.4, -0.2) is 48.1 Å². The fourth-order valence-corrected chi connectivity index (χ4v) is 3.13. The molecule has 5 heteroatoms. The Morgan fingerprint density at radius 2 is 2.15 bits per heavy atom. The van der Waals surface area contributed by atoms with Gasteiger partial charge in [-0.15, -0.1) is 0 Å². The molecule has 5 nitrogen and oxygen atoms in total. The van der Waals surface area contributed by atoms with E-state index in [4.69, 9.17) is 4.74 Å². The van der Waals surface area contributed by atoms with Gasteiger partial charge in [-0.05, 0) is 25.2 Å². The summed E-state index contributed by atoms with van der Waals surface area (Å²) >= 11 is 0. The molecule has 4 atom stereocenters. The summed E-state index contributed by atoms with van der Waals surface area (Å²) in [6.45, 7) is 7.34. The number of piperazine rings is 1. The molecule has 0 aromatic rings. The standard InChI is InChI=1S/C15H26N2O3/c1-4-10(3)13-15(19)17(11-7-6-8-20-9-11)12(5-2)14(18)16-13/h10-13H,4-9H2,1-3H3,(H,16,18). The molecule has 0 aromatic heterocycles. The number of nitrogens with zero attached hydrogens (tertiary/aromatic N) is 1. The number of nitrogens with one attached hydrogen (secondary N) is 1. The van der Waals surface area contributed by atoms with Gasteiger partial charge in [0.25, 0.3) is 0 Å². The predicted octanol–water partition coefficient (Wildman–Crippen LogP) is 1.32. The predicted molar refractivity (Wildman–Crippen MR) is 76.2 cm³/mol. The van der Waals surface area contributed by atoms with E-state index in [1.54, 1.807) is 0 Å². The lowest BCUT2D eigenvalue weighted by Gasteiger charge is -2.45. The van der Waals surface area contributed by atoms with Crippen molar-refractivity contribution in [3.05, 3.63) is 0 Å². The number of carbonyl (C=O) groups excluding carboxylic acids is 2. The third kappa shape index (κ3) is 2.82. The molecule has 0 aliphatic carbocycles. The van der Waals surface area contributed by atoms with Crippen molar-refractivity contribution in [3.8, 4) is 0 Å². The first-order valence-electron chi connectivity index (χ1n) is 7.80. The summed E-state index contributed by atoms with van der Waals surface area (Å²) in [4.78, 5) is 26.9. The van der Waals surface area contributed by atoms with E-state index in [1.807, 2.05) is 25.7 Å². The van der Waals surface area contributed by atoms with E-state index in [-0.39, 0.29) is 35.9 Å². The summed E-state index contributed by atoms with van der Waals surface area (Å²) in [6.07, 6.45) is 3.42. The Balaban J connectivity index is 2.22. The van der Waals surface area contributed by atoms with Gasteiger partial charge in [0.1, 0.15) is 12.1 Å². The van der Waals surface area contributed by atoms with Crippen LogP contribution in [0.3, 0.4) is 0 Å². The lowest BCUT2D eigenvalue weighted by atomic mass is 9.91. The molecular formula is C15H26N2O3. The first kappa shape index (κ1) is 15.3. The normalized spacial score (nSPS) is 33.0. The number of rotatable bonds is 4. The third-order valence-electron chi connectivity index (χ3n) is 4.59. The van der Waals surface area contributed by atoms with E-state index in [0.717, 1.165) is 25.9 Å². The molecule has 2 rings (SSSR count). The summed E-state index contributed by atoms with van der Waals surface area (Å²) in [7, 11) is 0. The maximum absolute atomic E-state index is 12.8. The van der Waals surface area contributed by atoms with Crippen molar-refractivity contribution in [2.75, 3.05) is 13.2 Å². The van der Waals surface area contributed by atoms with Gasteiger partial charge in [0, 0.05) is 6.61 Å². The second kappa shape index (κ2) is 6.57. The lowest BCUT2D eigenvalue weighted by molar-refractivity contribution is -0.157. The van der Waals surface area contributed by atoms with E-state index in [1.165, 1.54) is 0 Å². The molecule has 0 saturated carbocycles. The van der Waals surface area contributed by atoms with Crippen molar-refractivity contribution in [1.29, 1.82) is 0 Å². The molecule has 2 fully saturated rings. The highest BCUT2D eigenvalue weighted by Gasteiger charge is 2.44. The van der Waals surface area contributed by atoms with E-state index in [9.17, 15) is 9.59 Å². The van der Waals surface area contributed by atoms with E-state index >= 15 is 0 Å². The molecule has 20 heavy (non-hydrogen) atoms. The number of ether oxygens (including phenoxy) is 1. The fourth-order valence-electron chi connectivity index (χ4n) is 3.13. The maximum atomic E-state index is 12.8. The van der Waals surface area contributed by atoms with Crippen LogP contribution in [0.25, 0.3) is 0 Å². The first-order valence-corrected chi connectivity index (χ1v) is 7.80. The SMILES string of the molecule is CCC(C)C1NC(=O)C(CC)N(C2CCCOC2)C1=O. The van der Waals surface area contributed by atoms with E-state index in [2.05, 4.69) is 5.32 Å². The molecule has 114 valence electrons. The molecule has 2 saturated heterocycles. The second-order valence-electron chi connectivity index (χ2n) is 5.91. The minimum absolute atomic E-state index is 0.0111. The van der Waals surface area contributed by atoms with Crippen molar-refractivity contribution >= 4 is 11.8 Å². The van der Waals surface area contributed by atoms with Crippen molar-refractivity contribution in [1.82, 2.24) is 10.2 Å². The van der Waals surface area contributed by atoms with Crippen LogP contribution in [0.15, 0.2) is 0 Å². The van der Waals surface area contributed by atoms with Gasteiger partial charge in [-0.2, -0.15) is 0 Å². The Morgan fingerprint density at radius 3 is 2.70 bits per heavy atom. The summed E-state index contributed by atoms with van der Waals surface area (Å²) in [5.41, 5.74) is 0. The highest BCUT2D eigenvalue weighted by atomic mass is 16.5. The molecule has 0 spiro atoms. The zero-order valence-electron chi connectivity index (χ0n) is 12.7. The third-order valence-corrected chi connectivity index (χ3v) is 4.59. The molecule has 0 bridgehead atoms. The molecule has 0 radical (unpaired) electrons. The van der Waals surface area contributed by atoms with Crippen LogP contribution in [0.4, 0.5) is 0 Å². The van der Waals surface area contributed by atoms with Crippen molar-refractivity contribution in [3.63, 3.8) is 0 Å².